The van der Waals surface area contributed by atoms with E-state index in [1.165, 1.54) is 36.4 Å². The number of benzene rings is 4. The average Bonchev–Trinajstić information content (AvgIpc) is 2.74. The van der Waals surface area contributed by atoms with Crippen LogP contribution < -0.4 is 4.74 Å². The van der Waals surface area contributed by atoms with Crippen LogP contribution in [-0.4, -0.2) is 6.36 Å². The summed E-state index contributed by atoms with van der Waals surface area (Å²) in [5.74, 6) is -3.81. The highest BCUT2D eigenvalue weighted by atomic mass is 19.4. The fourth-order valence-corrected chi connectivity index (χ4v) is 3.58. The van der Waals surface area contributed by atoms with Gasteiger partial charge < -0.3 is 4.74 Å². The van der Waals surface area contributed by atoms with Crippen molar-refractivity contribution >= 4 is 10.8 Å². The number of rotatable bonds is 4. The van der Waals surface area contributed by atoms with E-state index < -0.39 is 29.6 Å². The lowest BCUT2D eigenvalue weighted by Gasteiger charge is -2.13. The number of fused-ring (bicyclic) bond motifs is 1. The van der Waals surface area contributed by atoms with Crippen LogP contribution in [0, 0.1) is 17.5 Å². The second kappa shape index (κ2) is 8.22. The molecule has 4 rings (SSSR count). The average molecular weight is 446 g/mol. The Balaban J connectivity index is 1.74. The minimum absolute atomic E-state index is 0.129. The summed E-state index contributed by atoms with van der Waals surface area (Å²) in [5.41, 5.74) is 1.94. The first-order chi connectivity index (χ1) is 15.2. The predicted octanol–water partition coefficient (Wildman–Crippen LogP) is 8.05. The second-order valence-electron chi connectivity index (χ2n) is 7.23. The Kier molecular flexibility index (Phi) is 5.59. The molecule has 0 aliphatic carbocycles. The topological polar surface area (TPSA) is 9.23 Å². The molecule has 0 aliphatic rings. The lowest BCUT2D eigenvalue weighted by atomic mass is 9.96. The number of hydrogen-bond donors (Lipinski definition) is 0. The maximum atomic E-state index is 14.9. The Morgan fingerprint density at radius 2 is 1.34 bits per heavy atom. The molecule has 4 aromatic rings. The van der Waals surface area contributed by atoms with Gasteiger partial charge in [0.05, 0.1) is 5.56 Å². The molecule has 4 aromatic carbocycles. The Morgan fingerprint density at radius 3 is 1.94 bits per heavy atom. The van der Waals surface area contributed by atoms with E-state index in [-0.39, 0.29) is 21.9 Å². The summed E-state index contributed by atoms with van der Waals surface area (Å²) in [6, 6.07) is 15.5. The molecule has 0 saturated heterocycles. The molecule has 0 amide bonds. The Hall–Kier alpha value is -3.48. The molecular formula is C25H16F6O. The van der Waals surface area contributed by atoms with Crippen LogP contribution in [0.2, 0.25) is 0 Å². The molecule has 0 N–H and O–H groups in total. The van der Waals surface area contributed by atoms with Crippen LogP contribution >= 0.6 is 0 Å². The number of ether oxygens (including phenoxy) is 1. The molecule has 1 nitrogen and oxygen atoms in total. The number of aryl methyl sites for hydroxylation is 1. The fourth-order valence-electron chi connectivity index (χ4n) is 3.58. The molecule has 0 radical (unpaired) electrons. The molecule has 0 aromatic heterocycles. The molecule has 7 heteroatoms. The minimum atomic E-state index is -5.04. The van der Waals surface area contributed by atoms with E-state index in [9.17, 15) is 26.3 Å². The van der Waals surface area contributed by atoms with Gasteiger partial charge >= 0.3 is 6.36 Å². The standard InChI is InChI=1S/C25H16F6O/c1-2-14-3-5-15(6-4-14)18-12-20(26)23(21(27)13-18)17-7-9-19-16(11-17)8-10-22(24(19)28)32-25(29,30)31/h3-13H,2H2,1H3. The SMILES string of the molecule is CCc1ccc(-c2cc(F)c(-c3ccc4c(F)c(OC(F)(F)F)ccc4c3)c(F)c2)cc1. The first-order valence-electron chi connectivity index (χ1n) is 9.73. The molecule has 0 spiro atoms. The summed E-state index contributed by atoms with van der Waals surface area (Å²) in [6.45, 7) is 2.00. The van der Waals surface area contributed by atoms with Crippen LogP contribution in [0.4, 0.5) is 26.3 Å². The van der Waals surface area contributed by atoms with Crippen LogP contribution in [0.1, 0.15) is 12.5 Å². The van der Waals surface area contributed by atoms with Crippen molar-refractivity contribution in [1.82, 2.24) is 0 Å². The molecular weight excluding hydrogens is 430 g/mol. The number of hydrogen-bond acceptors (Lipinski definition) is 1. The van der Waals surface area contributed by atoms with E-state index in [1.54, 1.807) is 12.1 Å². The quantitative estimate of drug-likeness (QED) is 0.288. The Bertz CT molecular complexity index is 1270. The van der Waals surface area contributed by atoms with Crippen LogP contribution in [0.5, 0.6) is 5.75 Å². The molecule has 0 atom stereocenters. The van der Waals surface area contributed by atoms with Gasteiger partial charge in [0.15, 0.2) is 11.6 Å². The van der Waals surface area contributed by atoms with Gasteiger partial charge in [-0.25, -0.2) is 13.2 Å². The third-order valence-electron chi connectivity index (χ3n) is 5.17. The van der Waals surface area contributed by atoms with E-state index in [1.807, 2.05) is 19.1 Å². The van der Waals surface area contributed by atoms with E-state index >= 15 is 0 Å². The van der Waals surface area contributed by atoms with Gasteiger partial charge in [-0.1, -0.05) is 49.4 Å². The zero-order valence-electron chi connectivity index (χ0n) is 16.7. The first kappa shape index (κ1) is 21.7. The van der Waals surface area contributed by atoms with Gasteiger partial charge in [0.2, 0.25) is 0 Å². The second-order valence-corrected chi connectivity index (χ2v) is 7.23. The van der Waals surface area contributed by atoms with Crippen molar-refractivity contribution in [3.05, 3.63) is 89.7 Å². The highest BCUT2D eigenvalue weighted by Gasteiger charge is 2.32. The third-order valence-corrected chi connectivity index (χ3v) is 5.17. The van der Waals surface area contributed by atoms with Gasteiger partial charge in [-0.2, -0.15) is 0 Å². The lowest BCUT2D eigenvalue weighted by Crippen LogP contribution is -2.18. The van der Waals surface area contributed by atoms with Crippen molar-refractivity contribution < 1.29 is 31.1 Å². The summed E-state index contributed by atoms with van der Waals surface area (Å²) in [4.78, 5) is 0. The van der Waals surface area contributed by atoms with Gasteiger partial charge in [-0.05, 0) is 58.3 Å². The van der Waals surface area contributed by atoms with Crippen molar-refractivity contribution in [2.24, 2.45) is 0 Å². The van der Waals surface area contributed by atoms with Crippen LogP contribution in [0.15, 0.2) is 66.7 Å². The van der Waals surface area contributed by atoms with E-state index in [4.69, 9.17) is 0 Å². The number of alkyl halides is 3. The maximum absolute atomic E-state index is 14.9. The number of halogens is 6. The molecule has 164 valence electrons. The third kappa shape index (κ3) is 4.28. The maximum Gasteiger partial charge on any atom is 0.573 e. The molecule has 0 fully saturated rings. The molecule has 0 unspecified atom stereocenters. The van der Waals surface area contributed by atoms with E-state index in [2.05, 4.69) is 4.74 Å². The van der Waals surface area contributed by atoms with Crippen molar-refractivity contribution in [2.45, 2.75) is 19.7 Å². The summed E-state index contributed by atoms with van der Waals surface area (Å²) in [7, 11) is 0. The smallest absolute Gasteiger partial charge is 0.403 e. The molecule has 32 heavy (non-hydrogen) atoms. The van der Waals surface area contributed by atoms with Gasteiger partial charge in [-0.3, -0.25) is 0 Å². The predicted molar refractivity (Wildman–Crippen MR) is 111 cm³/mol. The molecule has 0 aliphatic heterocycles. The van der Waals surface area contributed by atoms with Gasteiger partial charge in [-0.15, -0.1) is 13.2 Å². The highest BCUT2D eigenvalue weighted by molar-refractivity contribution is 5.89. The summed E-state index contributed by atoms with van der Waals surface area (Å²) >= 11 is 0. The van der Waals surface area contributed by atoms with Crippen molar-refractivity contribution in [2.75, 3.05) is 0 Å². The van der Waals surface area contributed by atoms with Crippen molar-refractivity contribution in [3.8, 4) is 28.0 Å². The minimum Gasteiger partial charge on any atom is -0.403 e. The van der Waals surface area contributed by atoms with E-state index in [0.29, 0.717) is 11.1 Å². The zero-order chi connectivity index (χ0) is 23.0. The monoisotopic (exact) mass is 446 g/mol. The van der Waals surface area contributed by atoms with Crippen LogP contribution in [-0.2, 0) is 6.42 Å². The largest absolute Gasteiger partial charge is 0.573 e. The zero-order valence-corrected chi connectivity index (χ0v) is 16.7. The molecule has 0 heterocycles. The summed E-state index contributed by atoms with van der Waals surface area (Å²) < 4.78 is 85.1. The normalized spacial score (nSPS) is 11.7. The highest BCUT2D eigenvalue weighted by Crippen LogP contribution is 2.35. The Labute approximate surface area is 179 Å². The first-order valence-corrected chi connectivity index (χ1v) is 9.73. The lowest BCUT2D eigenvalue weighted by molar-refractivity contribution is -0.275. The summed E-state index contributed by atoms with van der Waals surface area (Å²) in [6.07, 6.45) is -4.20. The van der Waals surface area contributed by atoms with Crippen molar-refractivity contribution in [1.29, 1.82) is 0 Å². The van der Waals surface area contributed by atoms with Crippen LogP contribution in [0.25, 0.3) is 33.0 Å². The Morgan fingerprint density at radius 1 is 0.719 bits per heavy atom. The van der Waals surface area contributed by atoms with Crippen molar-refractivity contribution in [3.63, 3.8) is 0 Å². The summed E-state index contributed by atoms with van der Waals surface area (Å²) in [5, 5.41) is 0.0107. The van der Waals surface area contributed by atoms with Gasteiger partial charge in [0.1, 0.15) is 11.6 Å². The van der Waals surface area contributed by atoms with E-state index in [0.717, 1.165) is 18.1 Å². The molecule has 0 bridgehead atoms. The van der Waals surface area contributed by atoms with Gasteiger partial charge in [0.25, 0.3) is 0 Å². The van der Waals surface area contributed by atoms with Gasteiger partial charge in [0, 0.05) is 5.39 Å². The fraction of sp³-hybridized carbons (Fsp3) is 0.120. The van der Waals surface area contributed by atoms with Crippen LogP contribution in [0.3, 0.4) is 0 Å². The molecule has 0 saturated carbocycles.